The molecule has 2 bridgehead atoms. The lowest BCUT2D eigenvalue weighted by molar-refractivity contribution is -0.140. The number of halogens is 3. The Labute approximate surface area is 191 Å². The van der Waals surface area contributed by atoms with Crippen molar-refractivity contribution < 1.29 is 18.7 Å². The maximum Gasteiger partial charge on any atom is 0.254 e. The first-order chi connectivity index (χ1) is 14.9. The highest BCUT2D eigenvalue weighted by atomic mass is 79.9. The Morgan fingerprint density at radius 1 is 1.13 bits per heavy atom. The van der Waals surface area contributed by atoms with Crippen molar-refractivity contribution in [3.05, 3.63) is 75.0 Å². The second kappa shape index (κ2) is 7.88. The van der Waals surface area contributed by atoms with Crippen molar-refractivity contribution in [2.45, 2.75) is 13.0 Å². The molecule has 4 atom stereocenters. The number of hydrogen-bond acceptors (Lipinski definition) is 4. The monoisotopic (exact) mass is 502 g/mol. The summed E-state index contributed by atoms with van der Waals surface area (Å²) in [6, 6.07) is 9.32. The van der Waals surface area contributed by atoms with Gasteiger partial charge in [0.15, 0.2) is 0 Å². The summed E-state index contributed by atoms with van der Waals surface area (Å²) in [5.74, 6) is -0.727. The number of hydrogen-bond donors (Lipinski definition) is 0. The first-order valence-electron chi connectivity index (χ1n) is 9.89. The summed E-state index contributed by atoms with van der Waals surface area (Å²) in [7, 11) is 0. The lowest BCUT2D eigenvalue weighted by Gasteiger charge is -2.14. The van der Waals surface area contributed by atoms with Crippen LogP contribution in [0.2, 0.25) is 5.02 Å². The molecule has 1 aliphatic heterocycles. The van der Waals surface area contributed by atoms with Gasteiger partial charge in [-0.25, -0.2) is 4.39 Å². The van der Waals surface area contributed by atoms with Gasteiger partial charge in [0.05, 0.1) is 22.5 Å². The third kappa shape index (κ3) is 3.59. The van der Waals surface area contributed by atoms with Gasteiger partial charge in [0.25, 0.3) is 11.8 Å². The molecule has 1 saturated heterocycles. The topological polar surface area (TPSA) is 59.0 Å². The van der Waals surface area contributed by atoms with Crippen LogP contribution in [0.5, 0.6) is 5.75 Å². The first-order valence-corrected chi connectivity index (χ1v) is 11.1. The Morgan fingerprint density at radius 2 is 1.77 bits per heavy atom. The number of carbonyl (C=O) groups is 2. The predicted molar refractivity (Wildman–Crippen MR) is 117 cm³/mol. The molecule has 8 heteroatoms. The van der Waals surface area contributed by atoms with E-state index in [-0.39, 0.29) is 47.9 Å². The van der Waals surface area contributed by atoms with Crippen molar-refractivity contribution in [1.82, 2.24) is 5.01 Å². The number of rotatable bonds is 5. The summed E-state index contributed by atoms with van der Waals surface area (Å²) in [4.78, 5) is 25.7. The highest BCUT2D eigenvalue weighted by Crippen LogP contribution is 2.52. The number of ether oxygens (including phenoxy) is 1. The smallest absolute Gasteiger partial charge is 0.254 e. The highest BCUT2D eigenvalue weighted by Gasteiger charge is 2.59. The Hall–Kier alpha value is -2.51. The standard InChI is InChI=1S/C23H17BrClFN2O3/c24-18-9-16(25)8-15(21(18)31-11-12-1-5-17(26)6-2-12)10-27-28-22(29)19-13-3-4-14(7-13)20(19)23(28)30/h1-6,8-10,13-14,19-20H,7,11H2/t13-,14-,19-,20+/m0/s1. The van der Waals surface area contributed by atoms with Gasteiger partial charge in [-0.15, -0.1) is 0 Å². The Kier molecular flexibility index (Phi) is 5.18. The van der Waals surface area contributed by atoms with E-state index in [1.165, 1.54) is 18.3 Å². The first kappa shape index (κ1) is 20.4. The van der Waals surface area contributed by atoms with Crippen LogP contribution >= 0.6 is 27.5 Å². The minimum Gasteiger partial charge on any atom is -0.487 e. The van der Waals surface area contributed by atoms with E-state index in [0.29, 0.717) is 20.8 Å². The molecule has 5 nitrogen and oxygen atoms in total. The van der Waals surface area contributed by atoms with Crippen molar-refractivity contribution >= 4 is 45.6 Å². The number of hydrazone groups is 1. The van der Waals surface area contributed by atoms with E-state index >= 15 is 0 Å². The summed E-state index contributed by atoms with van der Waals surface area (Å²) >= 11 is 9.63. The van der Waals surface area contributed by atoms with Crippen LogP contribution in [0.1, 0.15) is 17.5 Å². The lowest BCUT2D eigenvalue weighted by Crippen LogP contribution is -2.28. The highest BCUT2D eigenvalue weighted by molar-refractivity contribution is 9.10. The van der Waals surface area contributed by atoms with Crippen LogP contribution in [0.3, 0.4) is 0 Å². The maximum atomic E-state index is 13.1. The van der Waals surface area contributed by atoms with Gasteiger partial charge in [-0.1, -0.05) is 35.9 Å². The molecule has 1 heterocycles. The van der Waals surface area contributed by atoms with Gasteiger partial charge < -0.3 is 4.74 Å². The summed E-state index contributed by atoms with van der Waals surface area (Å²) in [5.41, 5.74) is 1.30. The molecule has 0 unspecified atom stereocenters. The molecule has 2 amide bonds. The molecule has 0 N–H and O–H groups in total. The average molecular weight is 504 g/mol. The summed E-state index contributed by atoms with van der Waals surface area (Å²) in [6.45, 7) is 0.197. The predicted octanol–water partition coefficient (Wildman–Crippen LogP) is 4.96. The van der Waals surface area contributed by atoms with E-state index in [4.69, 9.17) is 16.3 Å². The van der Waals surface area contributed by atoms with Crippen LogP contribution in [0, 0.1) is 29.5 Å². The molecule has 0 spiro atoms. The lowest BCUT2D eigenvalue weighted by atomic mass is 9.85. The zero-order valence-electron chi connectivity index (χ0n) is 16.2. The van der Waals surface area contributed by atoms with Crippen LogP contribution in [0.4, 0.5) is 4.39 Å². The van der Waals surface area contributed by atoms with Crippen molar-refractivity contribution in [2.75, 3.05) is 0 Å². The van der Waals surface area contributed by atoms with E-state index in [0.717, 1.165) is 17.0 Å². The van der Waals surface area contributed by atoms with E-state index in [1.807, 2.05) is 12.2 Å². The van der Waals surface area contributed by atoms with Crippen molar-refractivity contribution in [3.8, 4) is 5.75 Å². The van der Waals surface area contributed by atoms with Gasteiger partial charge in [0.2, 0.25) is 0 Å². The number of carbonyl (C=O) groups excluding carboxylic acids is 2. The van der Waals surface area contributed by atoms with Gasteiger partial charge in [0.1, 0.15) is 18.2 Å². The van der Waals surface area contributed by atoms with Crippen LogP contribution < -0.4 is 4.74 Å². The second-order valence-corrected chi connectivity index (χ2v) is 9.24. The van der Waals surface area contributed by atoms with Gasteiger partial charge >= 0.3 is 0 Å². The zero-order valence-corrected chi connectivity index (χ0v) is 18.5. The number of imide groups is 1. The van der Waals surface area contributed by atoms with Gasteiger partial charge in [0, 0.05) is 10.6 Å². The number of benzene rings is 2. The molecule has 2 fully saturated rings. The van der Waals surface area contributed by atoms with E-state index in [2.05, 4.69) is 21.0 Å². The SMILES string of the molecule is O=C1[C@@H]2[C@H](C(=O)N1N=Cc1cc(Cl)cc(Br)c1OCc1ccc(F)cc1)[C@H]1C=C[C@H]2C1. The minimum atomic E-state index is -0.322. The molecular weight excluding hydrogens is 487 g/mol. The van der Waals surface area contributed by atoms with Crippen LogP contribution in [-0.2, 0) is 16.2 Å². The fourth-order valence-electron chi connectivity index (χ4n) is 4.68. The Morgan fingerprint density at radius 3 is 2.42 bits per heavy atom. The van der Waals surface area contributed by atoms with Crippen LogP contribution in [0.25, 0.3) is 0 Å². The van der Waals surface area contributed by atoms with Crippen molar-refractivity contribution in [3.63, 3.8) is 0 Å². The molecule has 31 heavy (non-hydrogen) atoms. The van der Waals surface area contributed by atoms with Crippen molar-refractivity contribution in [2.24, 2.45) is 28.8 Å². The fourth-order valence-corrected chi connectivity index (χ4v) is 5.63. The van der Waals surface area contributed by atoms with Gasteiger partial charge in [-0.05, 0) is 64.0 Å². The molecule has 158 valence electrons. The fraction of sp³-hybridized carbons (Fsp3) is 0.261. The largest absolute Gasteiger partial charge is 0.487 e. The molecule has 3 aliphatic rings. The van der Waals surface area contributed by atoms with Crippen molar-refractivity contribution in [1.29, 1.82) is 0 Å². The number of amides is 2. The molecule has 1 saturated carbocycles. The van der Waals surface area contributed by atoms with Crippen LogP contribution in [-0.4, -0.2) is 23.0 Å². The van der Waals surface area contributed by atoms with E-state index < -0.39 is 0 Å². The van der Waals surface area contributed by atoms with Gasteiger partial charge in [-0.3, -0.25) is 9.59 Å². The molecule has 0 radical (unpaired) electrons. The second-order valence-electron chi connectivity index (χ2n) is 7.95. The third-order valence-corrected chi connectivity index (χ3v) is 6.90. The summed E-state index contributed by atoms with van der Waals surface area (Å²) in [6.07, 6.45) is 6.37. The molecule has 2 aromatic rings. The zero-order chi connectivity index (χ0) is 21.7. The third-order valence-electron chi connectivity index (χ3n) is 6.09. The Bertz CT molecular complexity index is 1100. The summed E-state index contributed by atoms with van der Waals surface area (Å²) < 4.78 is 19.6. The average Bonchev–Trinajstić information content (AvgIpc) is 3.41. The normalized spacial score (nSPS) is 26.4. The van der Waals surface area contributed by atoms with E-state index in [1.54, 1.807) is 24.3 Å². The van der Waals surface area contributed by atoms with Crippen LogP contribution in [0.15, 0.2) is 58.1 Å². The Balaban J connectivity index is 1.39. The van der Waals surface area contributed by atoms with E-state index in [9.17, 15) is 14.0 Å². The quantitative estimate of drug-likeness (QED) is 0.329. The number of fused-ring (bicyclic) bond motifs is 5. The van der Waals surface area contributed by atoms with Gasteiger partial charge in [-0.2, -0.15) is 10.1 Å². The number of nitrogens with zero attached hydrogens (tertiary/aromatic N) is 2. The summed E-state index contributed by atoms with van der Waals surface area (Å²) in [5, 5.41) is 5.65. The number of allylic oxidation sites excluding steroid dienone is 2. The molecule has 0 aromatic heterocycles. The molecule has 2 aromatic carbocycles. The molecular formula is C23H17BrClFN2O3. The molecule has 5 rings (SSSR count). The minimum absolute atomic E-state index is 0.126. The maximum absolute atomic E-state index is 13.1. The molecule has 2 aliphatic carbocycles.